The number of nitrogens with one attached hydrogen (secondary N) is 2. The zero-order valence-corrected chi connectivity index (χ0v) is 20.8. The molecule has 4 N–H and O–H groups in total. The molecule has 15 heteroatoms. The minimum absolute atomic E-state index is 0.234. The Hall–Kier alpha value is -1.27. The number of aromatic nitrogens is 2. The summed E-state index contributed by atoms with van der Waals surface area (Å²) in [6.45, 7) is 9.39. The molecule has 0 aromatic carbocycles. The van der Waals surface area contributed by atoms with E-state index in [0.717, 1.165) is 11.2 Å². The van der Waals surface area contributed by atoms with Gasteiger partial charge in [0, 0.05) is 11.1 Å². The van der Waals surface area contributed by atoms with E-state index >= 15 is 0 Å². The first-order chi connectivity index (χ1) is 14.6. The molecular weight excluding hydrogens is 461 g/mol. The van der Waals surface area contributed by atoms with Gasteiger partial charge in [-0.15, -0.1) is 11.3 Å². The molecule has 0 amide bonds. The van der Waals surface area contributed by atoms with E-state index in [9.17, 15) is 14.4 Å². The lowest BCUT2D eigenvalue weighted by Gasteiger charge is -2.22. The second kappa shape index (κ2) is 14.0. The van der Waals surface area contributed by atoms with Crippen LogP contribution < -0.4 is 10.5 Å². The number of aldehydes is 1. The quantitative estimate of drug-likeness (QED) is 0.199. The summed E-state index contributed by atoms with van der Waals surface area (Å²) in [5.41, 5.74) is -0.234. The molecule has 2 rings (SSSR count). The van der Waals surface area contributed by atoms with E-state index in [2.05, 4.69) is 20.4 Å². The normalized spacial score (nSPS) is 11.8. The summed E-state index contributed by atoms with van der Waals surface area (Å²) < 4.78 is 23.3. The van der Waals surface area contributed by atoms with Crippen molar-refractivity contribution >= 4 is 60.9 Å². The number of thiazole rings is 2. The van der Waals surface area contributed by atoms with Gasteiger partial charge in [-0.3, -0.25) is 9.36 Å². The fourth-order valence-electron chi connectivity index (χ4n) is 2.29. The van der Waals surface area contributed by atoms with Crippen LogP contribution in [-0.2, 0) is 20.0 Å². The lowest BCUT2D eigenvalue weighted by molar-refractivity contribution is 0.112. The highest BCUT2D eigenvalue weighted by molar-refractivity contribution is 7.54. The van der Waals surface area contributed by atoms with E-state index < -0.39 is 21.7 Å². The smallest absolute Gasteiger partial charge is 0.408 e. The number of carbonyl (C=O) groups is 1. The molecule has 2 heterocycles. The third kappa shape index (κ3) is 10.3. The molecule has 2 aromatic heterocycles. The van der Waals surface area contributed by atoms with E-state index in [0.29, 0.717) is 34.8 Å². The number of nitrogens with zero attached hydrogens (tertiary/aromatic N) is 2. The van der Waals surface area contributed by atoms with Gasteiger partial charge in [-0.2, -0.15) is 0 Å². The molecule has 0 aliphatic rings. The molecule has 0 radical (unpaired) electrons. The van der Waals surface area contributed by atoms with E-state index in [1.54, 1.807) is 33.7 Å². The molecule has 1 unspecified atom stereocenters. The zero-order chi connectivity index (χ0) is 23.4. The summed E-state index contributed by atoms with van der Waals surface area (Å²) in [6, 6.07) is 0. The molecule has 31 heavy (non-hydrogen) atoms. The average Bonchev–Trinajstić information content (AvgIpc) is 3.31. The van der Waals surface area contributed by atoms with E-state index in [-0.39, 0.29) is 5.66 Å². The van der Waals surface area contributed by atoms with E-state index in [1.165, 1.54) is 28.9 Å². The van der Waals surface area contributed by atoms with Crippen LogP contribution in [0.5, 0.6) is 0 Å². The second-order valence-corrected chi connectivity index (χ2v) is 11.0. The van der Waals surface area contributed by atoms with Crippen LogP contribution in [0.15, 0.2) is 12.4 Å². The van der Waals surface area contributed by atoms with Crippen LogP contribution >= 0.6 is 30.3 Å². The zero-order valence-electron chi connectivity index (χ0n) is 18.3. The predicted octanol–water partition coefficient (Wildman–Crippen LogP) is 3.34. The summed E-state index contributed by atoms with van der Waals surface area (Å²) in [5, 5.41) is 24.8. The average molecular weight is 490 g/mol. The van der Waals surface area contributed by atoms with Crippen molar-refractivity contribution in [2.75, 3.05) is 23.7 Å². The van der Waals surface area contributed by atoms with Crippen molar-refractivity contribution in [3.05, 3.63) is 22.1 Å². The van der Waals surface area contributed by atoms with Gasteiger partial charge >= 0.3 is 21.7 Å². The standard InChI is InChI=1S/C11H22BN2O4PS.C5H7BN2O2S/c1-5-17-19(16,18-6-2)9(3)7-10-8-13-11(20-10)14-12(4)15;1-6(10)8-5-7-2-4(3-9)11-5/h8-9,15H,5-7H2,1-4H3,(H,13,14);2-3,10H,1H3,(H,7,8). The summed E-state index contributed by atoms with van der Waals surface area (Å²) in [6.07, 6.45) is 4.47. The van der Waals surface area contributed by atoms with Gasteiger partial charge in [-0.1, -0.05) is 18.3 Å². The molecule has 0 aliphatic carbocycles. The van der Waals surface area contributed by atoms with Gasteiger partial charge in [0.1, 0.15) is 0 Å². The Morgan fingerprint density at radius 3 is 2.06 bits per heavy atom. The Balaban J connectivity index is 0.000000367. The number of carbonyl (C=O) groups excluding carboxylic acids is 1. The van der Waals surface area contributed by atoms with Gasteiger partial charge in [0.15, 0.2) is 16.5 Å². The monoisotopic (exact) mass is 490 g/mol. The third-order valence-electron chi connectivity index (χ3n) is 3.51. The van der Waals surface area contributed by atoms with Gasteiger partial charge in [0.2, 0.25) is 0 Å². The fraction of sp³-hybridized carbons (Fsp3) is 0.562. The summed E-state index contributed by atoms with van der Waals surface area (Å²) in [4.78, 5) is 19.7. The maximum Gasteiger partial charge on any atom is 0.408 e. The van der Waals surface area contributed by atoms with Crippen molar-refractivity contribution in [3.63, 3.8) is 0 Å². The third-order valence-corrected chi connectivity index (χ3v) is 7.82. The Kier molecular flexibility index (Phi) is 12.5. The van der Waals surface area contributed by atoms with Crippen molar-refractivity contribution in [2.45, 2.75) is 46.5 Å². The van der Waals surface area contributed by atoms with Gasteiger partial charge in [0.25, 0.3) is 0 Å². The Morgan fingerprint density at radius 2 is 1.61 bits per heavy atom. The van der Waals surface area contributed by atoms with Crippen LogP contribution in [0.2, 0.25) is 13.6 Å². The number of hydrogen-bond acceptors (Lipinski definition) is 12. The highest BCUT2D eigenvalue weighted by atomic mass is 32.1. The van der Waals surface area contributed by atoms with Gasteiger partial charge in [-0.05, 0) is 33.9 Å². The number of rotatable bonds is 12. The van der Waals surface area contributed by atoms with Gasteiger partial charge in [0.05, 0.1) is 29.9 Å². The van der Waals surface area contributed by atoms with Gasteiger partial charge in [-0.25, -0.2) is 9.97 Å². The summed E-state index contributed by atoms with van der Waals surface area (Å²) >= 11 is 2.64. The first-order valence-electron chi connectivity index (χ1n) is 9.77. The lowest BCUT2D eigenvalue weighted by atomic mass is 9.90. The van der Waals surface area contributed by atoms with Crippen LogP contribution in [0.25, 0.3) is 0 Å². The highest BCUT2D eigenvalue weighted by Gasteiger charge is 2.32. The Morgan fingerprint density at radius 1 is 1.10 bits per heavy atom. The van der Waals surface area contributed by atoms with Crippen LogP contribution in [0, 0.1) is 0 Å². The topological polar surface area (TPSA) is 143 Å². The molecule has 0 bridgehead atoms. The molecule has 0 saturated heterocycles. The Labute approximate surface area is 191 Å². The first-order valence-corrected chi connectivity index (χ1v) is 13.0. The summed E-state index contributed by atoms with van der Waals surface area (Å²) in [5.74, 6) is 0. The molecule has 0 aliphatic heterocycles. The molecule has 0 fully saturated rings. The SMILES string of the molecule is CB(O)Nc1ncc(C=O)s1.CCOP(=O)(OCC)C(C)Cc1cnc(NB(C)O)s1. The molecular formula is C16H29B2N4O6PS2. The van der Waals surface area contributed by atoms with Crippen LogP contribution in [0.1, 0.15) is 35.3 Å². The largest absolute Gasteiger partial charge is 0.433 e. The van der Waals surface area contributed by atoms with Crippen molar-refractivity contribution in [2.24, 2.45) is 0 Å². The lowest BCUT2D eigenvalue weighted by Crippen LogP contribution is -2.18. The predicted molar refractivity (Wildman–Crippen MR) is 129 cm³/mol. The first kappa shape index (κ1) is 27.8. The van der Waals surface area contributed by atoms with Crippen LogP contribution in [0.3, 0.4) is 0 Å². The van der Waals surface area contributed by atoms with Crippen molar-refractivity contribution < 1.29 is 28.5 Å². The molecule has 1 atom stereocenters. The van der Waals surface area contributed by atoms with Crippen molar-refractivity contribution in [3.8, 4) is 0 Å². The molecule has 2 aromatic rings. The minimum atomic E-state index is -3.09. The molecule has 172 valence electrons. The van der Waals surface area contributed by atoms with Crippen molar-refractivity contribution in [1.82, 2.24) is 9.97 Å². The second-order valence-electron chi connectivity index (χ2n) is 6.39. The van der Waals surface area contributed by atoms with Crippen LogP contribution in [0.4, 0.5) is 10.3 Å². The summed E-state index contributed by atoms with van der Waals surface area (Å²) in [7, 11) is -4.37. The maximum atomic E-state index is 12.6. The fourth-order valence-corrected chi connectivity index (χ4v) is 5.87. The van der Waals surface area contributed by atoms with Gasteiger partial charge < -0.3 is 29.6 Å². The Bertz CT molecular complexity index is 829. The molecule has 0 saturated carbocycles. The van der Waals surface area contributed by atoms with E-state index in [1.807, 2.05) is 6.92 Å². The molecule has 0 spiro atoms. The minimum Gasteiger partial charge on any atom is -0.433 e. The number of anilines is 2. The van der Waals surface area contributed by atoms with E-state index in [4.69, 9.17) is 14.1 Å². The maximum absolute atomic E-state index is 12.6. The van der Waals surface area contributed by atoms with Crippen LogP contribution in [-0.4, -0.2) is 59.3 Å². The van der Waals surface area contributed by atoms with Crippen molar-refractivity contribution in [1.29, 1.82) is 0 Å². The highest BCUT2D eigenvalue weighted by Crippen LogP contribution is 2.54. The number of hydrogen-bond donors (Lipinski definition) is 4. The molecule has 10 nitrogen and oxygen atoms in total.